The summed E-state index contributed by atoms with van der Waals surface area (Å²) in [4.78, 5) is 30.5. The highest BCUT2D eigenvalue weighted by Crippen LogP contribution is 2.36. The fraction of sp³-hybridized carbons (Fsp3) is 0.179. The van der Waals surface area contributed by atoms with Crippen molar-refractivity contribution < 1.29 is 23.8 Å². The van der Waals surface area contributed by atoms with Crippen molar-refractivity contribution >= 4 is 22.7 Å². The van der Waals surface area contributed by atoms with Crippen LogP contribution in [0.4, 0.5) is 0 Å². The van der Waals surface area contributed by atoms with Gasteiger partial charge in [-0.05, 0) is 36.8 Å². The number of methoxy groups -OCH3 is 1. The number of hydrogen-bond acceptors (Lipinski definition) is 6. The Balaban J connectivity index is 1.38. The van der Waals surface area contributed by atoms with Crippen molar-refractivity contribution in [3.05, 3.63) is 102 Å². The first-order valence-electron chi connectivity index (χ1n) is 11.0. The van der Waals surface area contributed by atoms with Gasteiger partial charge in [0.05, 0.1) is 23.9 Å². The normalized spacial score (nSPS) is 20.1. The Kier molecular flexibility index (Phi) is 5.72. The molecule has 5 rings (SSSR count). The third-order valence-electron chi connectivity index (χ3n) is 6.01. The molecule has 0 bridgehead atoms. The Morgan fingerprint density at radius 3 is 2.85 bits per heavy atom. The van der Waals surface area contributed by atoms with E-state index in [1.54, 1.807) is 36.4 Å². The zero-order valence-corrected chi connectivity index (χ0v) is 18.7. The van der Waals surface area contributed by atoms with E-state index < -0.39 is 11.4 Å². The summed E-state index contributed by atoms with van der Waals surface area (Å²) < 4.78 is 16.8. The number of hydrogen-bond donors (Lipinski definition) is 0. The Bertz CT molecular complexity index is 1370. The molecule has 170 valence electrons. The number of carbonyl (C=O) groups excluding carboxylic acids is 2. The van der Waals surface area contributed by atoms with Crippen molar-refractivity contribution in [2.24, 2.45) is 5.41 Å². The van der Waals surface area contributed by atoms with Gasteiger partial charge in [-0.2, -0.15) is 0 Å². The van der Waals surface area contributed by atoms with E-state index in [9.17, 15) is 9.59 Å². The number of allylic oxidation sites excluding steroid dienone is 3. The minimum Gasteiger partial charge on any atom is -0.488 e. The van der Waals surface area contributed by atoms with Crippen molar-refractivity contribution in [3.8, 4) is 11.5 Å². The fourth-order valence-corrected chi connectivity index (χ4v) is 4.20. The third kappa shape index (κ3) is 4.10. The molecule has 0 N–H and O–H groups in total. The molecular formula is C28H23NO5. The summed E-state index contributed by atoms with van der Waals surface area (Å²) in [5, 5.41) is 1.06. The molecule has 1 aromatic heterocycles. The van der Waals surface area contributed by atoms with Gasteiger partial charge in [0, 0.05) is 11.0 Å². The van der Waals surface area contributed by atoms with E-state index in [1.165, 1.54) is 7.11 Å². The number of para-hydroxylation sites is 1. The van der Waals surface area contributed by atoms with Crippen LogP contribution >= 0.6 is 0 Å². The quantitative estimate of drug-likeness (QED) is 0.400. The van der Waals surface area contributed by atoms with Crippen LogP contribution in [0.2, 0.25) is 0 Å². The second-order valence-electron chi connectivity index (χ2n) is 8.25. The minimum atomic E-state index is -1.02. The molecule has 6 heteroatoms. The first kappa shape index (κ1) is 21.6. The van der Waals surface area contributed by atoms with Crippen LogP contribution in [0.25, 0.3) is 10.9 Å². The van der Waals surface area contributed by atoms with E-state index in [1.807, 2.05) is 48.6 Å². The predicted molar refractivity (Wildman–Crippen MR) is 128 cm³/mol. The molecule has 1 aliphatic carbocycles. The number of rotatable bonds is 5. The number of pyridine rings is 1. The van der Waals surface area contributed by atoms with E-state index in [2.05, 4.69) is 4.98 Å². The van der Waals surface area contributed by atoms with Gasteiger partial charge < -0.3 is 14.2 Å². The first-order chi connectivity index (χ1) is 16.6. The summed E-state index contributed by atoms with van der Waals surface area (Å²) in [6.45, 7) is 0.354. The van der Waals surface area contributed by atoms with Crippen molar-refractivity contribution in [2.45, 2.75) is 13.0 Å². The van der Waals surface area contributed by atoms with E-state index in [4.69, 9.17) is 14.2 Å². The average Bonchev–Trinajstić information content (AvgIpc) is 2.89. The number of esters is 1. The molecule has 0 saturated carbocycles. The summed E-state index contributed by atoms with van der Waals surface area (Å²) in [7, 11) is 1.34. The Hall–Kier alpha value is -4.19. The fourth-order valence-electron chi connectivity index (χ4n) is 4.20. The predicted octanol–water partition coefficient (Wildman–Crippen LogP) is 4.99. The Labute approximate surface area is 197 Å². The van der Waals surface area contributed by atoms with Crippen molar-refractivity contribution in [1.29, 1.82) is 0 Å². The summed E-state index contributed by atoms with van der Waals surface area (Å²) in [6, 6.07) is 17.0. The summed E-state index contributed by atoms with van der Waals surface area (Å²) in [5.41, 5.74) is 1.48. The minimum absolute atomic E-state index is 0.0867. The Morgan fingerprint density at radius 1 is 1.15 bits per heavy atom. The molecule has 0 amide bonds. The molecule has 0 fully saturated rings. The largest absolute Gasteiger partial charge is 0.488 e. The van der Waals surface area contributed by atoms with Crippen LogP contribution in [-0.2, 0) is 16.1 Å². The zero-order chi connectivity index (χ0) is 23.5. The first-order valence-corrected chi connectivity index (χ1v) is 11.0. The smallest absolute Gasteiger partial charge is 0.319 e. The molecule has 0 radical (unpaired) electrons. The van der Waals surface area contributed by atoms with Gasteiger partial charge in [-0.15, -0.1) is 0 Å². The maximum atomic E-state index is 13.3. The second-order valence-corrected chi connectivity index (χ2v) is 8.25. The number of benzene rings is 2. The van der Waals surface area contributed by atoms with Crippen LogP contribution in [0.3, 0.4) is 0 Å². The molecular weight excluding hydrogens is 430 g/mol. The number of ketones is 1. The van der Waals surface area contributed by atoms with Gasteiger partial charge in [0.2, 0.25) is 0 Å². The van der Waals surface area contributed by atoms with Crippen LogP contribution in [0.5, 0.6) is 11.5 Å². The molecule has 1 unspecified atom stereocenters. The molecule has 1 atom stereocenters. The number of aromatic nitrogens is 1. The standard InChI is InChI=1S/C28H23NO5/c1-32-27(31)28(13-5-2-6-14-28)16-20-17-34-25-12-11-22(15-23(25)26(20)30)33-18-21-10-9-19-7-3-4-8-24(19)29-21/h2-13,15-16H,14,17-18H2,1H3/b20-16-. The monoisotopic (exact) mass is 453 g/mol. The van der Waals surface area contributed by atoms with Gasteiger partial charge in [0.15, 0.2) is 5.78 Å². The molecule has 0 saturated heterocycles. The maximum absolute atomic E-state index is 13.3. The zero-order valence-electron chi connectivity index (χ0n) is 18.7. The van der Waals surface area contributed by atoms with Gasteiger partial charge in [0.25, 0.3) is 0 Å². The molecule has 2 heterocycles. The van der Waals surface area contributed by atoms with Crippen LogP contribution in [0.15, 0.2) is 90.6 Å². The van der Waals surface area contributed by atoms with Gasteiger partial charge in [0.1, 0.15) is 30.1 Å². The maximum Gasteiger partial charge on any atom is 0.319 e. The van der Waals surface area contributed by atoms with Gasteiger partial charge in [-0.1, -0.05) is 54.6 Å². The lowest BCUT2D eigenvalue weighted by Crippen LogP contribution is -2.31. The lowest BCUT2D eigenvalue weighted by molar-refractivity contribution is -0.147. The number of fused-ring (bicyclic) bond motifs is 2. The van der Waals surface area contributed by atoms with Crippen LogP contribution in [0, 0.1) is 5.41 Å². The van der Waals surface area contributed by atoms with Crippen LogP contribution in [-0.4, -0.2) is 30.5 Å². The van der Waals surface area contributed by atoms with Gasteiger partial charge >= 0.3 is 5.97 Å². The summed E-state index contributed by atoms with van der Waals surface area (Å²) >= 11 is 0. The van der Waals surface area contributed by atoms with E-state index in [0.717, 1.165) is 16.6 Å². The number of nitrogens with zero attached hydrogens (tertiary/aromatic N) is 1. The summed E-state index contributed by atoms with van der Waals surface area (Å²) in [6.07, 6.45) is 9.36. The lowest BCUT2D eigenvalue weighted by Gasteiger charge is -2.27. The molecule has 1 aliphatic heterocycles. The van der Waals surface area contributed by atoms with Crippen LogP contribution in [0.1, 0.15) is 22.5 Å². The summed E-state index contributed by atoms with van der Waals surface area (Å²) in [5.74, 6) is 0.417. The topological polar surface area (TPSA) is 74.7 Å². The van der Waals surface area contributed by atoms with Crippen molar-refractivity contribution in [3.63, 3.8) is 0 Å². The molecule has 34 heavy (non-hydrogen) atoms. The highest BCUT2D eigenvalue weighted by atomic mass is 16.5. The van der Waals surface area contributed by atoms with Gasteiger partial charge in [-0.25, -0.2) is 4.98 Å². The molecule has 6 nitrogen and oxygen atoms in total. The molecule has 2 aliphatic rings. The SMILES string of the molecule is COC(=O)C1(/C=C2/COc3ccc(OCc4ccc5ccccc5n4)cc3C2=O)C=CC=CC1. The average molecular weight is 453 g/mol. The van der Waals surface area contributed by atoms with Crippen molar-refractivity contribution in [1.82, 2.24) is 4.98 Å². The van der Waals surface area contributed by atoms with Gasteiger partial charge in [-0.3, -0.25) is 9.59 Å². The second kappa shape index (κ2) is 8.98. The molecule has 0 spiro atoms. The van der Waals surface area contributed by atoms with E-state index >= 15 is 0 Å². The Morgan fingerprint density at radius 2 is 2.03 bits per heavy atom. The van der Waals surface area contributed by atoms with E-state index in [0.29, 0.717) is 29.1 Å². The third-order valence-corrected chi connectivity index (χ3v) is 6.01. The van der Waals surface area contributed by atoms with Crippen molar-refractivity contribution in [2.75, 3.05) is 13.7 Å². The number of ether oxygens (including phenoxy) is 3. The number of carbonyl (C=O) groups is 2. The van der Waals surface area contributed by atoms with E-state index in [-0.39, 0.29) is 19.0 Å². The molecule has 3 aromatic rings. The number of Topliss-reactive ketones (excluding diaryl/α,β-unsaturated/α-hetero) is 1. The lowest BCUT2D eigenvalue weighted by atomic mass is 9.79. The highest BCUT2D eigenvalue weighted by molar-refractivity contribution is 6.12. The van der Waals surface area contributed by atoms with Crippen LogP contribution < -0.4 is 9.47 Å². The highest BCUT2D eigenvalue weighted by Gasteiger charge is 2.37. The molecule has 2 aromatic carbocycles.